The van der Waals surface area contributed by atoms with Gasteiger partial charge in [0.05, 0.1) is 0 Å². The summed E-state index contributed by atoms with van der Waals surface area (Å²) >= 11 is 0. The minimum absolute atomic E-state index is 0.520. The van der Waals surface area contributed by atoms with Crippen LogP contribution in [-0.2, 0) is 0 Å². The highest BCUT2D eigenvalue weighted by Crippen LogP contribution is 2.49. The molecule has 2 aliphatic heterocycles. The second-order valence-electron chi connectivity index (χ2n) is 7.59. The van der Waals surface area contributed by atoms with Gasteiger partial charge in [-0.2, -0.15) is 0 Å². The Labute approximate surface area is 120 Å². The molecule has 19 heavy (non-hydrogen) atoms. The summed E-state index contributed by atoms with van der Waals surface area (Å²) in [6.07, 6.45) is 2.84. The highest BCUT2D eigenvalue weighted by molar-refractivity contribution is 5.05. The third-order valence-electron chi connectivity index (χ3n) is 5.55. The number of nitrogens with zero attached hydrogens (tertiary/aromatic N) is 1. The highest BCUT2D eigenvalue weighted by Gasteiger charge is 2.52. The van der Waals surface area contributed by atoms with Gasteiger partial charge >= 0.3 is 0 Å². The molecule has 2 saturated heterocycles. The Morgan fingerprint density at radius 1 is 1.00 bits per heavy atom. The minimum atomic E-state index is 0.520. The van der Waals surface area contributed by atoms with Gasteiger partial charge in [0.2, 0.25) is 0 Å². The van der Waals surface area contributed by atoms with Crippen molar-refractivity contribution in [1.29, 1.82) is 0 Å². The molecular formula is C17H34N2. The lowest BCUT2D eigenvalue weighted by atomic mass is 9.75. The van der Waals surface area contributed by atoms with E-state index in [0.717, 1.165) is 23.7 Å². The maximum atomic E-state index is 3.50. The number of piperidine rings is 2. The van der Waals surface area contributed by atoms with Gasteiger partial charge < -0.3 is 10.2 Å². The van der Waals surface area contributed by atoms with E-state index in [2.05, 4.69) is 31.0 Å². The summed E-state index contributed by atoms with van der Waals surface area (Å²) in [5, 5.41) is 3.50. The van der Waals surface area contributed by atoms with E-state index < -0.39 is 0 Å². The number of nitrogens with one attached hydrogen (secondary N) is 1. The Bertz CT molecular complexity index is 263. The Balaban J connectivity index is 0.000000637. The van der Waals surface area contributed by atoms with Gasteiger partial charge in [0.15, 0.2) is 0 Å². The van der Waals surface area contributed by atoms with Gasteiger partial charge in [0, 0.05) is 6.54 Å². The van der Waals surface area contributed by atoms with Crippen LogP contribution in [0.25, 0.3) is 0 Å². The number of fused-ring (bicyclic) bond motifs is 1. The molecule has 1 saturated carbocycles. The summed E-state index contributed by atoms with van der Waals surface area (Å²) in [7, 11) is 0. The van der Waals surface area contributed by atoms with E-state index in [4.69, 9.17) is 0 Å². The van der Waals surface area contributed by atoms with Crippen molar-refractivity contribution >= 4 is 0 Å². The van der Waals surface area contributed by atoms with Crippen molar-refractivity contribution in [3.63, 3.8) is 0 Å². The molecule has 0 spiro atoms. The van der Waals surface area contributed by atoms with Crippen LogP contribution in [0.4, 0.5) is 0 Å². The molecule has 3 fully saturated rings. The summed E-state index contributed by atoms with van der Waals surface area (Å²) in [5.74, 6) is 4.06. The first-order valence-electron chi connectivity index (χ1n) is 8.49. The molecule has 0 bridgehead atoms. The summed E-state index contributed by atoms with van der Waals surface area (Å²) in [6.45, 7) is 17.9. The molecule has 0 amide bonds. The average molecular weight is 266 g/mol. The Morgan fingerprint density at radius 2 is 1.53 bits per heavy atom. The van der Waals surface area contributed by atoms with Crippen molar-refractivity contribution in [3.8, 4) is 0 Å². The molecule has 2 heteroatoms. The first-order chi connectivity index (χ1) is 9.05. The standard InChI is InChI=1S/C15H28N2.C2H6/c1-15(2,3)11-4-6-17(7-5-11)10-14-12-8-16-9-13(12)14;1-2/h11-14,16H,4-10H2,1-3H3;1-2H3/t12-,13+,14?;. The van der Waals surface area contributed by atoms with Crippen LogP contribution in [0, 0.1) is 29.1 Å². The second kappa shape index (κ2) is 6.13. The van der Waals surface area contributed by atoms with Gasteiger partial charge in [-0.3, -0.25) is 0 Å². The fourth-order valence-corrected chi connectivity index (χ4v) is 4.10. The zero-order valence-electron chi connectivity index (χ0n) is 13.7. The molecule has 1 unspecified atom stereocenters. The van der Waals surface area contributed by atoms with Crippen LogP contribution >= 0.6 is 0 Å². The van der Waals surface area contributed by atoms with E-state index in [-0.39, 0.29) is 0 Å². The number of hydrogen-bond acceptors (Lipinski definition) is 2. The van der Waals surface area contributed by atoms with E-state index >= 15 is 0 Å². The third-order valence-corrected chi connectivity index (χ3v) is 5.55. The average Bonchev–Trinajstić information content (AvgIpc) is 2.84. The molecule has 3 atom stereocenters. The Kier molecular flexibility index (Phi) is 4.94. The molecule has 3 aliphatic rings. The zero-order valence-corrected chi connectivity index (χ0v) is 13.7. The van der Waals surface area contributed by atoms with Gasteiger partial charge in [-0.05, 0) is 68.1 Å². The van der Waals surface area contributed by atoms with E-state index in [9.17, 15) is 0 Å². The van der Waals surface area contributed by atoms with E-state index in [1.165, 1.54) is 45.6 Å². The predicted octanol–water partition coefficient (Wildman–Crippen LogP) is 3.24. The van der Waals surface area contributed by atoms with Gasteiger partial charge in [0.1, 0.15) is 0 Å². The van der Waals surface area contributed by atoms with E-state index in [1.807, 2.05) is 13.8 Å². The fourth-order valence-electron chi connectivity index (χ4n) is 4.10. The van der Waals surface area contributed by atoms with Crippen molar-refractivity contribution in [3.05, 3.63) is 0 Å². The van der Waals surface area contributed by atoms with Crippen LogP contribution in [0.15, 0.2) is 0 Å². The maximum absolute atomic E-state index is 3.50. The zero-order chi connectivity index (χ0) is 14.0. The monoisotopic (exact) mass is 266 g/mol. The molecule has 2 nitrogen and oxygen atoms in total. The van der Waals surface area contributed by atoms with Gasteiger partial charge in [-0.1, -0.05) is 34.6 Å². The predicted molar refractivity (Wildman–Crippen MR) is 83.3 cm³/mol. The van der Waals surface area contributed by atoms with Crippen LogP contribution in [0.5, 0.6) is 0 Å². The van der Waals surface area contributed by atoms with E-state index in [1.54, 1.807) is 0 Å². The van der Waals surface area contributed by atoms with Crippen LogP contribution in [0.2, 0.25) is 0 Å². The molecule has 0 aromatic carbocycles. The SMILES string of the molecule is CC.CC(C)(C)C1CCN(CC2[C@H]3CNC[C@@H]23)CC1. The summed E-state index contributed by atoms with van der Waals surface area (Å²) in [6, 6.07) is 0. The van der Waals surface area contributed by atoms with Crippen LogP contribution in [0.3, 0.4) is 0 Å². The first kappa shape index (κ1) is 15.3. The highest BCUT2D eigenvalue weighted by atomic mass is 15.1. The second-order valence-corrected chi connectivity index (χ2v) is 7.59. The molecule has 0 aromatic rings. The third kappa shape index (κ3) is 3.52. The Morgan fingerprint density at radius 3 is 2.00 bits per heavy atom. The lowest BCUT2D eigenvalue weighted by molar-refractivity contribution is 0.107. The van der Waals surface area contributed by atoms with Gasteiger partial charge in [0.25, 0.3) is 0 Å². The fraction of sp³-hybridized carbons (Fsp3) is 1.00. The molecule has 3 rings (SSSR count). The van der Waals surface area contributed by atoms with Crippen molar-refractivity contribution in [2.24, 2.45) is 29.1 Å². The van der Waals surface area contributed by atoms with E-state index in [0.29, 0.717) is 5.41 Å². The van der Waals surface area contributed by atoms with Crippen LogP contribution in [-0.4, -0.2) is 37.6 Å². The molecule has 1 N–H and O–H groups in total. The molecule has 112 valence electrons. The molecule has 0 radical (unpaired) electrons. The summed E-state index contributed by atoms with van der Waals surface area (Å²) in [4.78, 5) is 2.74. The first-order valence-corrected chi connectivity index (χ1v) is 8.49. The molecular weight excluding hydrogens is 232 g/mol. The smallest absolute Gasteiger partial charge is 0.00161 e. The van der Waals surface area contributed by atoms with Gasteiger partial charge in [-0.25, -0.2) is 0 Å². The van der Waals surface area contributed by atoms with Crippen molar-refractivity contribution in [1.82, 2.24) is 10.2 Å². The molecule has 0 aromatic heterocycles. The van der Waals surface area contributed by atoms with Crippen LogP contribution < -0.4 is 5.32 Å². The maximum Gasteiger partial charge on any atom is 0.00161 e. The van der Waals surface area contributed by atoms with Crippen molar-refractivity contribution < 1.29 is 0 Å². The molecule has 2 heterocycles. The lowest BCUT2D eigenvalue weighted by Gasteiger charge is -2.39. The number of rotatable bonds is 2. The van der Waals surface area contributed by atoms with Crippen molar-refractivity contribution in [2.45, 2.75) is 47.5 Å². The number of likely N-dealkylation sites (tertiary alicyclic amines) is 1. The molecule has 1 aliphatic carbocycles. The minimum Gasteiger partial charge on any atom is -0.316 e. The van der Waals surface area contributed by atoms with Crippen molar-refractivity contribution in [2.75, 3.05) is 32.7 Å². The normalized spacial score (nSPS) is 35.5. The largest absolute Gasteiger partial charge is 0.316 e. The Hall–Kier alpha value is -0.0800. The topological polar surface area (TPSA) is 15.3 Å². The van der Waals surface area contributed by atoms with Crippen LogP contribution in [0.1, 0.15) is 47.5 Å². The summed E-state index contributed by atoms with van der Waals surface area (Å²) in [5.41, 5.74) is 0.520. The van der Waals surface area contributed by atoms with Gasteiger partial charge in [-0.15, -0.1) is 0 Å². The summed E-state index contributed by atoms with van der Waals surface area (Å²) < 4.78 is 0. The quantitative estimate of drug-likeness (QED) is 0.825. The number of hydrogen-bond donors (Lipinski definition) is 1. The lowest BCUT2D eigenvalue weighted by Crippen LogP contribution is -2.39.